The smallest absolute Gasteiger partial charge is 0.263 e. The van der Waals surface area contributed by atoms with Gasteiger partial charge in [0.05, 0.1) is 17.1 Å². The fourth-order valence-electron chi connectivity index (χ4n) is 2.87. The van der Waals surface area contributed by atoms with Gasteiger partial charge in [-0.15, -0.1) is 11.3 Å². The molecule has 3 aromatic rings. The van der Waals surface area contributed by atoms with Crippen molar-refractivity contribution in [1.29, 1.82) is 0 Å². The van der Waals surface area contributed by atoms with Crippen molar-refractivity contribution < 1.29 is 9.53 Å². The number of rotatable bonds is 7. The Morgan fingerprint density at radius 3 is 2.81 bits per heavy atom. The highest BCUT2D eigenvalue weighted by molar-refractivity contribution is 7.20. The monoisotopic (exact) mass is 425 g/mol. The lowest BCUT2D eigenvalue weighted by molar-refractivity contribution is 0.0784. The van der Waals surface area contributed by atoms with Crippen LogP contribution in [0.1, 0.15) is 27.3 Å². The van der Waals surface area contributed by atoms with Crippen LogP contribution in [0.2, 0.25) is 10.0 Å². The van der Waals surface area contributed by atoms with Crippen LogP contribution in [0.15, 0.2) is 24.3 Å². The molecule has 1 amide bonds. The Balaban J connectivity index is 1.85. The number of nitrogens with zero attached hydrogens (tertiary/aromatic N) is 3. The summed E-state index contributed by atoms with van der Waals surface area (Å²) in [5.74, 6) is 0.0165. The number of hydrogen-bond acceptors (Lipinski definition) is 4. The largest absolute Gasteiger partial charge is 0.385 e. The molecule has 0 aliphatic rings. The minimum atomic E-state index is 0.0165. The number of aromatic nitrogens is 2. The van der Waals surface area contributed by atoms with E-state index in [0.717, 1.165) is 27.9 Å². The van der Waals surface area contributed by atoms with Gasteiger partial charge in [0.1, 0.15) is 4.83 Å². The van der Waals surface area contributed by atoms with Crippen LogP contribution < -0.4 is 0 Å². The van der Waals surface area contributed by atoms with Gasteiger partial charge in [-0.05, 0) is 37.1 Å². The maximum atomic E-state index is 12.7. The van der Waals surface area contributed by atoms with Crippen molar-refractivity contribution in [2.24, 2.45) is 0 Å². The zero-order valence-electron chi connectivity index (χ0n) is 15.5. The summed E-state index contributed by atoms with van der Waals surface area (Å²) in [5.41, 5.74) is 1.83. The first-order chi connectivity index (χ1) is 12.9. The van der Waals surface area contributed by atoms with Crippen LogP contribution in [0.3, 0.4) is 0 Å². The lowest BCUT2D eigenvalue weighted by Gasteiger charge is -2.15. The molecule has 0 atom stereocenters. The molecule has 5 nitrogen and oxygen atoms in total. The molecule has 3 rings (SSSR count). The summed E-state index contributed by atoms with van der Waals surface area (Å²) >= 11 is 13.7. The van der Waals surface area contributed by atoms with Crippen molar-refractivity contribution in [3.63, 3.8) is 0 Å². The highest BCUT2D eigenvalue weighted by atomic mass is 35.5. The van der Waals surface area contributed by atoms with E-state index in [4.69, 9.17) is 27.9 Å². The van der Waals surface area contributed by atoms with Crippen molar-refractivity contribution in [2.45, 2.75) is 19.9 Å². The van der Waals surface area contributed by atoms with Gasteiger partial charge in [0.15, 0.2) is 0 Å². The molecule has 27 heavy (non-hydrogen) atoms. The van der Waals surface area contributed by atoms with E-state index in [0.29, 0.717) is 34.6 Å². The average molecular weight is 426 g/mol. The molecule has 2 heterocycles. The SMILES string of the molecule is COCCCN(C)C(=O)c1cc2c(C)nn(Cc3ccc(Cl)cc3Cl)c2s1. The summed E-state index contributed by atoms with van der Waals surface area (Å²) in [4.78, 5) is 16.1. The number of ether oxygens (including phenoxy) is 1. The third-order valence-corrected chi connectivity index (χ3v) is 6.07. The average Bonchev–Trinajstić information content (AvgIpc) is 3.18. The molecule has 0 bridgehead atoms. The molecule has 0 unspecified atom stereocenters. The third-order valence-electron chi connectivity index (χ3n) is 4.34. The van der Waals surface area contributed by atoms with Gasteiger partial charge in [-0.3, -0.25) is 9.48 Å². The fourth-order valence-corrected chi connectivity index (χ4v) is 4.50. The number of amides is 1. The zero-order valence-corrected chi connectivity index (χ0v) is 17.8. The van der Waals surface area contributed by atoms with Crippen molar-refractivity contribution in [2.75, 3.05) is 27.3 Å². The van der Waals surface area contributed by atoms with Crippen LogP contribution in [-0.2, 0) is 11.3 Å². The minimum Gasteiger partial charge on any atom is -0.385 e. The number of halogens is 2. The highest BCUT2D eigenvalue weighted by Gasteiger charge is 2.19. The Morgan fingerprint density at radius 1 is 1.33 bits per heavy atom. The first-order valence-corrected chi connectivity index (χ1v) is 10.1. The number of fused-ring (bicyclic) bond motifs is 1. The number of thiophene rings is 1. The summed E-state index contributed by atoms with van der Waals surface area (Å²) in [6.07, 6.45) is 0.811. The van der Waals surface area contributed by atoms with E-state index in [2.05, 4.69) is 5.10 Å². The Kier molecular flexibility index (Phi) is 6.42. The molecule has 0 saturated heterocycles. The molecule has 1 aromatic carbocycles. The van der Waals surface area contributed by atoms with Gasteiger partial charge in [0, 0.05) is 42.7 Å². The maximum absolute atomic E-state index is 12.7. The number of hydrogen-bond donors (Lipinski definition) is 0. The number of benzene rings is 1. The second kappa shape index (κ2) is 8.61. The molecule has 0 radical (unpaired) electrons. The normalized spacial score (nSPS) is 11.3. The molecular weight excluding hydrogens is 405 g/mol. The van der Waals surface area contributed by atoms with Gasteiger partial charge in [0.2, 0.25) is 0 Å². The van der Waals surface area contributed by atoms with Gasteiger partial charge in [-0.2, -0.15) is 5.10 Å². The summed E-state index contributed by atoms with van der Waals surface area (Å²) in [7, 11) is 3.48. The maximum Gasteiger partial charge on any atom is 0.263 e. The molecule has 0 aliphatic heterocycles. The van der Waals surface area contributed by atoms with E-state index in [1.165, 1.54) is 11.3 Å². The van der Waals surface area contributed by atoms with Gasteiger partial charge < -0.3 is 9.64 Å². The Bertz CT molecular complexity index is 967. The molecule has 144 valence electrons. The summed E-state index contributed by atoms with van der Waals surface area (Å²) < 4.78 is 6.95. The molecule has 0 N–H and O–H groups in total. The molecule has 0 saturated carbocycles. The van der Waals surface area contributed by atoms with E-state index in [9.17, 15) is 4.79 Å². The van der Waals surface area contributed by atoms with Gasteiger partial charge in [0.25, 0.3) is 5.91 Å². The highest BCUT2D eigenvalue weighted by Crippen LogP contribution is 2.30. The minimum absolute atomic E-state index is 0.0165. The topological polar surface area (TPSA) is 47.4 Å². The number of methoxy groups -OCH3 is 1. The van der Waals surface area contributed by atoms with Crippen LogP contribution in [0.25, 0.3) is 10.2 Å². The van der Waals surface area contributed by atoms with Crippen LogP contribution in [0, 0.1) is 6.92 Å². The lowest BCUT2D eigenvalue weighted by Crippen LogP contribution is -2.27. The van der Waals surface area contributed by atoms with Crippen molar-refractivity contribution in [3.05, 3.63) is 50.4 Å². The van der Waals surface area contributed by atoms with E-state index in [-0.39, 0.29) is 5.91 Å². The van der Waals surface area contributed by atoms with E-state index >= 15 is 0 Å². The fraction of sp³-hybridized carbons (Fsp3) is 0.368. The van der Waals surface area contributed by atoms with Crippen molar-refractivity contribution in [1.82, 2.24) is 14.7 Å². The van der Waals surface area contributed by atoms with Crippen molar-refractivity contribution in [3.8, 4) is 0 Å². The second-order valence-corrected chi connectivity index (χ2v) is 8.26. The Hall–Kier alpha value is -1.60. The number of aryl methyl sites for hydroxylation is 1. The van der Waals surface area contributed by atoms with Crippen molar-refractivity contribution >= 4 is 50.7 Å². The lowest BCUT2D eigenvalue weighted by atomic mass is 10.2. The van der Waals surface area contributed by atoms with Crippen LogP contribution >= 0.6 is 34.5 Å². The predicted molar refractivity (Wildman–Crippen MR) is 111 cm³/mol. The first kappa shape index (κ1) is 20.1. The molecule has 2 aromatic heterocycles. The zero-order chi connectivity index (χ0) is 19.6. The van der Waals surface area contributed by atoms with Gasteiger partial charge in [-0.25, -0.2) is 0 Å². The van der Waals surface area contributed by atoms with Gasteiger partial charge >= 0.3 is 0 Å². The quantitative estimate of drug-likeness (QED) is 0.507. The second-order valence-electron chi connectivity index (χ2n) is 6.38. The van der Waals surface area contributed by atoms with Crippen LogP contribution in [-0.4, -0.2) is 47.9 Å². The third kappa shape index (κ3) is 4.46. The van der Waals surface area contributed by atoms with E-state index < -0.39 is 0 Å². The van der Waals surface area contributed by atoms with Crippen LogP contribution in [0.5, 0.6) is 0 Å². The first-order valence-electron chi connectivity index (χ1n) is 8.56. The predicted octanol–water partition coefficient (Wildman–Crippen LogP) is 4.87. The van der Waals surface area contributed by atoms with E-state index in [1.54, 1.807) is 18.1 Å². The number of carbonyl (C=O) groups excluding carboxylic acids is 1. The summed E-state index contributed by atoms with van der Waals surface area (Å²) in [6, 6.07) is 7.37. The van der Waals surface area contributed by atoms with Crippen LogP contribution in [0.4, 0.5) is 0 Å². The van der Waals surface area contributed by atoms with Gasteiger partial charge in [-0.1, -0.05) is 29.3 Å². The molecule has 8 heteroatoms. The Labute approximate surface area is 172 Å². The molecular formula is C19H21Cl2N3O2S. The molecule has 0 aliphatic carbocycles. The summed E-state index contributed by atoms with van der Waals surface area (Å²) in [5, 5.41) is 6.82. The number of carbonyl (C=O) groups is 1. The molecule has 0 spiro atoms. The summed E-state index contributed by atoms with van der Waals surface area (Å²) in [6.45, 7) is 3.77. The standard InChI is InChI=1S/C19H21Cl2N3O2S/c1-12-15-10-17(18(25)23(2)7-4-8-26-3)27-19(15)24(22-12)11-13-5-6-14(20)9-16(13)21/h5-6,9-10H,4,7-8,11H2,1-3H3. The van der Waals surface area contributed by atoms with E-state index in [1.807, 2.05) is 36.9 Å². The molecule has 0 fully saturated rings. The Morgan fingerprint density at radius 2 is 2.11 bits per heavy atom.